The van der Waals surface area contributed by atoms with Crippen molar-refractivity contribution in [2.45, 2.75) is 6.61 Å². The van der Waals surface area contributed by atoms with Gasteiger partial charge in [0.2, 0.25) is 0 Å². The van der Waals surface area contributed by atoms with Crippen molar-refractivity contribution in [3.8, 4) is 11.8 Å². The number of nitrogens with two attached hydrogens (primary N) is 1. The molecule has 0 aromatic heterocycles. The summed E-state index contributed by atoms with van der Waals surface area (Å²) < 4.78 is 19.2. The average molecular weight is 312 g/mol. The fraction of sp³-hybridized carbons (Fsp3) is 0.0588. The second kappa shape index (κ2) is 7.34. The molecule has 2 aromatic rings. The van der Waals surface area contributed by atoms with Crippen LogP contribution in [0.2, 0.25) is 0 Å². The van der Waals surface area contributed by atoms with Crippen LogP contribution in [0, 0.1) is 17.1 Å². The summed E-state index contributed by atoms with van der Waals surface area (Å²) in [4.78, 5) is 0.0198. The molecule has 0 heterocycles. The zero-order valence-electron chi connectivity index (χ0n) is 11.6. The zero-order valence-corrected chi connectivity index (χ0v) is 12.4. The van der Waals surface area contributed by atoms with Gasteiger partial charge < -0.3 is 10.5 Å². The van der Waals surface area contributed by atoms with Crippen molar-refractivity contribution >= 4 is 23.3 Å². The maximum absolute atomic E-state index is 13.6. The number of nitrogens with zero attached hydrogens (tertiary/aromatic N) is 1. The number of hydrogen-bond acceptors (Lipinski definition) is 3. The number of ether oxygens (including phenoxy) is 1. The molecule has 0 bridgehead atoms. The van der Waals surface area contributed by atoms with E-state index < -0.39 is 0 Å². The second-order valence-electron chi connectivity index (χ2n) is 4.45. The van der Waals surface area contributed by atoms with Crippen molar-refractivity contribution in [3.63, 3.8) is 0 Å². The third kappa shape index (κ3) is 3.90. The third-order valence-corrected chi connectivity index (χ3v) is 3.17. The molecule has 2 rings (SSSR count). The normalized spacial score (nSPS) is 10.8. The predicted molar refractivity (Wildman–Crippen MR) is 87.5 cm³/mol. The average Bonchev–Trinajstić information content (AvgIpc) is 2.52. The van der Waals surface area contributed by atoms with Crippen molar-refractivity contribution < 1.29 is 9.13 Å². The van der Waals surface area contributed by atoms with Crippen LogP contribution < -0.4 is 10.5 Å². The lowest BCUT2D eigenvalue weighted by Crippen LogP contribution is -2.09. The Morgan fingerprint density at radius 2 is 1.91 bits per heavy atom. The molecular formula is C17H13FN2OS. The van der Waals surface area contributed by atoms with Crippen LogP contribution in [0.1, 0.15) is 11.1 Å². The van der Waals surface area contributed by atoms with Crippen LogP contribution in [0.15, 0.2) is 54.1 Å². The van der Waals surface area contributed by atoms with E-state index in [2.05, 4.69) is 0 Å². The summed E-state index contributed by atoms with van der Waals surface area (Å²) in [6.45, 7) is 0.0898. The fourth-order valence-electron chi connectivity index (χ4n) is 1.82. The van der Waals surface area contributed by atoms with E-state index in [0.29, 0.717) is 16.9 Å². The highest BCUT2D eigenvalue weighted by molar-refractivity contribution is 7.80. The van der Waals surface area contributed by atoms with Crippen LogP contribution in [0.25, 0.3) is 6.08 Å². The van der Waals surface area contributed by atoms with Crippen LogP contribution in [0.5, 0.6) is 5.75 Å². The van der Waals surface area contributed by atoms with Crippen molar-refractivity contribution in [2.75, 3.05) is 0 Å². The molecule has 0 atom stereocenters. The van der Waals surface area contributed by atoms with E-state index >= 15 is 0 Å². The van der Waals surface area contributed by atoms with Crippen molar-refractivity contribution in [1.82, 2.24) is 0 Å². The molecule has 0 fully saturated rings. The van der Waals surface area contributed by atoms with Crippen LogP contribution in [-0.2, 0) is 6.61 Å². The predicted octanol–water partition coefficient (Wildman–Crippen LogP) is 3.60. The monoisotopic (exact) mass is 312 g/mol. The molecule has 22 heavy (non-hydrogen) atoms. The SMILES string of the molecule is N#CC(=Cc1ccccc1OCc1ccccc1F)C(N)=S. The fourth-order valence-corrected chi connectivity index (χ4v) is 1.92. The Morgan fingerprint density at radius 3 is 2.59 bits per heavy atom. The molecule has 5 heteroatoms. The van der Waals surface area contributed by atoms with E-state index in [1.807, 2.05) is 6.07 Å². The highest BCUT2D eigenvalue weighted by Crippen LogP contribution is 2.22. The summed E-state index contributed by atoms with van der Waals surface area (Å²) in [5.74, 6) is 0.200. The van der Waals surface area contributed by atoms with Gasteiger partial charge in [-0.2, -0.15) is 5.26 Å². The number of nitriles is 1. The van der Waals surface area contributed by atoms with Gasteiger partial charge in [0.15, 0.2) is 0 Å². The lowest BCUT2D eigenvalue weighted by molar-refractivity contribution is 0.299. The van der Waals surface area contributed by atoms with Gasteiger partial charge in [-0.3, -0.25) is 0 Å². The van der Waals surface area contributed by atoms with Gasteiger partial charge in [0.25, 0.3) is 0 Å². The van der Waals surface area contributed by atoms with Gasteiger partial charge in [-0.15, -0.1) is 0 Å². The number of rotatable bonds is 5. The molecule has 110 valence electrons. The van der Waals surface area contributed by atoms with Gasteiger partial charge in [0.1, 0.15) is 29.2 Å². The summed E-state index contributed by atoms with van der Waals surface area (Å²) >= 11 is 4.81. The zero-order chi connectivity index (χ0) is 15.9. The standard InChI is InChI=1S/C17H13FN2OS/c18-15-7-3-1-6-13(15)11-21-16-8-4-2-5-12(16)9-14(10-19)17(20)22/h1-9H,11H2,(H2,20,22). The van der Waals surface area contributed by atoms with Gasteiger partial charge in [0.05, 0.1) is 5.57 Å². The van der Waals surface area contributed by atoms with E-state index in [0.717, 1.165) is 0 Å². The number of para-hydroxylation sites is 1. The molecule has 2 aromatic carbocycles. The molecule has 2 N–H and O–H groups in total. The molecule has 0 radical (unpaired) electrons. The lowest BCUT2D eigenvalue weighted by Gasteiger charge is -2.10. The maximum Gasteiger partial charge on any atom is 0.129 e. The molecule has 0 aliphatic carbocycles. The number of thiocarbonyl (C=S) groups is 1. The summed E-state index contributed by atoms with van der Waals surface area (Å²) in [6.07, 6.45) is 1.55. The Balaban J connectivity index is 2.24. The summed E-state index contributed by atoms with van der Waals surface area (Å²) in [5, 5.41) is 9.02. The van der Waals surface area contributed by atoms with E-state index in [1.54, 1.807) is 48.5 Å². The third-order valence-electron chi connectivity index (χ3n) is 2.95. The Kier molecular flexibility index (Phi) is 5.23. The molecule has 0 unspecified atom stereocenters. The molecule has 0 aliphatic heterocycles. The van der Waals surface area contributed by atoms with E-state index in [9.17, 15) is 4.39 Å². The highest BCUT2D eigenvalue weighted by atomic mass is 32.1. The molecule has 3 nitrogen and oxygen atoms in total. The highest BCUT2D eigenvalue weighted by Gasteiger charge is 2.06. The number of hydrogen-bond donors (Lipinski definition) is 1. The Labute approximate surface area is 133 Å². The van der Waals surface area contributed by atoms with Crippen LogP contribution in [-0.4, -0.2) is 4.99 Å². The topological polar surface area (TPSA) is 59.0 Å². The molecular weight excluding hydrogens is 299 g/mol. The van der Waals surface area contributed by atoms with E-state index in [-0.39, 0.29) is 23.0 Å². The van der Waals surface area contributed by atoms with Gasteiger partial charge >= 0.3 is 0 Å². The lowest BCUT2D eigenvalue weighted by atomic mass is 10.1. The van der Waals surface area contributed by atoms with Gasteiger partial charge in [-0.25, -0.2) is 4.39 Å². The Hall–Kier alpha value is -2.71. The van der Waals surface area contributed by atoms with Crippen LogP contribution >= 0.6 is 12.2 Å². The first-order chi connectivity index (χ1) is 10.6. The summed E-state index contributed by atoms with van der Waals surface area (Å²) in [6, 6.07) is 15.4. The van der Waals surface area contributed by atoms with Crippen molar-refractivity contribution in [1.29, 1.82) is 5.26 Å². The molecule has 0 amide bonds. The van der Waals surface area contributed by atoms with Crippen molar-refractivity contribution in [3.05, 3.63) is 71.0 Å². The van der Waals surface area contributed by atoms with E-state index in [1.165, 1.54) is 6.07 Å². The largest absolute Gasteiger partial charge is 0.488 e. The first-order valence-electron chi connectivity index (χ1n) is 6.48. The summed E-state index contributed by atoms with van der Waals surface area (Å²) in [5.41, 5.74) is 6.78. The minimum atomic E-state index is -0.323. The molecule has 0 saturated heterocycles. The van der Waals surface area contributed by atoms with Gasteiger partial charge in [-0.05, 0) is 18.2 Å². The Bertz CT molecular complexity index is 765. The molecule has 0 spiro atoms. The molecule has 0 aliphatic rings. The van der Waals surface area contributed by atoms with Crippen LogP contribution in [0.4, 0.5) is 4.39 Å². The number of benzene rings is 2. The smallest absolute Gasteiger partial charge is 0.129 e. The van der Waals surface area contributed by atoms with Gasteiger partial charge in [-0.1, -0.05) is 48.6 Å². The summed E-state index contributed by atoms with van der Waals surface area (Å²) in [7, 11) is 0. The second-order valence-corrected chi connectivity index (χ2v) is 4.89. The first-order valence-corrected chi connectivity index (χ1v) is 6.89. The maximum atomic E-state index is 13.6. The number of halogens is 1. The minimum Gasteiger partial charge on any atom is -0.488 e. The minimum absolute atomic E-state index is 0.0198. The van der Waals surface area contributed by atoms with Gasteiger partial charge in [0, 0.05) is 11.1 Å². The quantitative estimate of drug-likeness (QED) is 0.520. The van der Waals surface area contributed by atoms with Crippen molar-refractivity contribution in [2.24, 2.45) is 5.73 Å². The van der Waals surface area contributed by atoms with E-state index in [4.69, 9.17) is 28.0 Å². The Morgan fingerprint density at radius 1 is 1.23 bits per heavy atom. The van der Waals surface area contributed by atoms with Crippen LogP contribution in [0.3, 0.4) is 0 Å². The molecule has 0 saturated carbocycles. The first kappa shape index (κ1) is 15.7.